The summed E-state index contributed by atoms with van der Waals surface area (Å²) >= 11 is 0. The van der Waals surface area contributed by atoms with E-state index in [1.807, 2.05) is 12.1 Å². The standard InChI is InChI=1S/C56H36N4/c1-4-15-37(16-5-1)38-27-29-40(30-28-38)51-36-50(39-17-6-2-7-18-39)57-56(58-51)47-24-14-19-41-33-43(31-32-44(41)47)60-53-26-13-11-23-46(53)49-34-54-48(35-55(49)60)45-22-10-12-25-52(45)59(54)42-20-8-3-9-21-42/h1-36H. The molecule has 0 aliphatic rings. The number of benzene rings is 9. The van der Waals surface area contributed by atoms with Gasteiger partial charge in [-0.3, -0.25) is 0 Å². The van der Waals surface area contributed by atoms with Crippen molar-refractivity contribution in [1.82, 2.24) is 19.1 Å². The summed E-state index contributed by atoms with van der Waals surface area (Å²) < 4.78 is 4.82. The van der Waals surface area contributed by atoms with Crippen LogP contribution in [0.3, 0.4) is 0 Å². The van der Waals surface area contributed by atoms with Gasteiger partial charge in [0.25, 0.3) is 0 Å². The summed E-state index contributed by atoms with van der Waals surface area (Å²) in [4.78, 5) is 10.5. The summed E-state index contributed by atoms with van der Waals surface area (Å²) in [6, 6.07) is 77.9. The van der Waals surface area contributed by atoms with Gasteiger partial charge in [-0.05, 0) is 76.5 Å². The molecule has 0 fully saturated rings. The molecule has 0 aliphatic heterocycles. The van der Waals surface area contributed by atoms with Crippen LogP contribution in [0.15, 0.2) is 218 Å². The van der Waals surface area contributed by atoms with Crippen molar-refractivity contribution in [2.75, 3.05) is 0 Å². The van der Waals surface area contributed by atoms with Crippen LogP contribution in [0.5, 0.6) is 0 Å². The number of aromatic nitrogens is 4. The zero-order valence-corrected chi connectivity index (χ0v) is 32.6. The van der Waals surface area contributed by atoms with E-state index >= 15 is 0 Å². The Labute approximate surface area is 346 Å². The monoisotopic (exact) mass is 764 g/mol. The van der Waals surface area contributed by atoms with Gasteiger partial charge < -0.3 is 9.13 Å². The number of hydrogen-bond donors (Lipinski definition) is 0. The Bertz CT molecular complexity index is 3570. The maximum atomic E-state index is 5.27. The van der Waals surface area contributed by atoms with Crippen LogP contribution in [0, 0.1) is 0 Å². The highest BCUT2D eigenvalue weighted by Crippen LogP contribution is 2.41. The summed E-state index contributed by atoms with van der Waals surface area (Å²) in [7, 11) is 0. The van der Waals surface area contributed by atoms with Crippen LogP contribution in [0.4, 0.5) is 0 Å². The highest BCUT2D eigenvalue weighted by atomic mass is 15.0. The van der Waals surface area contributed by atoms with E-state index in [2.05, 4.69) is 215 Å². The van der Waals surface area contributed by atoms with Gasteiger partial charge in [-0.15, -0.1) is 0 Å². The van der Waals surface area contributed by atoms with E-state index in [0.717, 1.165) is 50.2 Å². The molecule has 0 radical (unpaired) electrons. The Morgan fingerprint density at radius 1 is 0.283 bits per heavy atom. The SMILES string of the molecule is c1ccc(-c2ccc(-c3cc(-c4ccccc4)nc(-c4cccc5cc(-n6c7ccccc7c7cc8c(cc76)c6ccccc6n8-c6ccccc6)ccc45)n3)cc2)cc1. The fourth-order valence-electron chi connectivity index (χ4n) is 9.11. The van der Waals surface area contributed by atoms with Gasteiger partial charge in [-0.1, -0.05) is 164 Å². The molecule has 12 rings (SSSR count). The minimum Gasteiger partial charge on any atom is -0.309 e. The van der Waals surface area contributed by atoms with Crippen LogP contribution in [0.2, 0.25) is 0 Å². The minimum atomic E-state index is 0.700. The lowest BCUT2D eigenvalue weighted by Gasteiger charge is -2.13. The molecule has 4 heteroatoms. The molecule has 0 aliphatic carbocycles. The van der Waals surface area contributed by atoms with Crippen LogP contribution < -0.4 is 0 Å². The second-order valence-corrected chi connectivity index (χ2v) is 15.4. The van der Waals surface area contributed by atoms with Crippen LogP contribution in [0.1, 0.15) is 0 Å². The highest BCUT2D eigenvalue weighted by molar-refractivity contribution is 6.19. The maximum Gasteiger partial charge on any atom is 0.161 e. The van der Waals surface area contributed by atoms with E-state index < -0.39 is 0 Å². The van der Waals surface area contributed by atoms with Gasteiger partial charge in [0.15, 0.2) is 5.82 Å². The second-order valence-electron chi connectivity index (χ2n) is 15.4. The quantitative estimate of drug-likeness (QED) is 0.169. The molecule has 280 valence electrons. The van der Waals surface area contributed by atoms with Gasteiger partial charge in [-0.2, -0.15) is 0 Å². The van der Waals surface area contributed by atoms with Crippen molar-refractivity contribution in [3.8, 4) is 56.4 Å². The zero-order chi connectivity index (χ0) is 39.6. The van der Waals surface area contributed by atoms with E-state index in [1.54, 1.807) is 0 Å². The molecular formula is C56H36N4. The Kier molecular flexibility index (Phi) is 7.82. The molecule has 0 atom stereocenters. The molecular weight excluding hydrogens is 729 g/mol. The molecule has 3 aromatic heterocycles. The topological polar surface area (TPSA) is 35.6 Å². The molecule has 4 nitrogen and oxygen atoms in total. The Morgan fingerprint density at radius 3 is 1.42 bits per heavy atom. The minimum absolute atomic E-state index is 0.700. The summed E-state index contributed by atoms with van der Waals surface area (Å²) in [5, 5.41) is 7.15. The maximum absolute atomic E-state index is 5.27. The first-order valence-electron chi connectivity index (χ1n) is 20.4. The van der Waals surface area contributed by atoms with E-state index in [9.17, 15) is 0 Å². The van der Waals surface area contributed by atoms with Crippen molar-refractivity contribution >= 4 is 54.4 Å². The largest absolute Gasteiger partial charge is 0.309 e. The van der Waals surface area contributed by atoms with Crippen LogP contribution in [-0.2, 0) is 0 Å². The second kappa shape index (κ2) is 13.8. The van der Waals surface area contributed by atoms with Gasteiger partial charge in [0.2, 0.25) is 0 Å². The van der Waals surface area contributed by atoms with Crippen molar-refractivity contribution < 1.29 is 0 Å². The molecule has 0 spiro atoms. The van der Waals surface area contributed by atoms with Crippen molar-refractivity contribution in [3.05, 3.63) is 218 Å². The fraction of sp³-hybridized carbons (Fsp3) is 0. The third kappa shape index (κ3) is 5.53. The lowest BCUT2D eigenvalue weighted by atomic mass is 10.0. The average molecular weight is 765 g/mol. The number of nitrogens with zero attached hydrogens (tertiary/aromatic N) is 4. The molecule has 0 unspecified atom stereocenters. The Morgan fingerprint density at radius 2 is 0.783 bits per heavy atom. The molecule has 0 saturated carbocycles. The number of fused-ring (bicyclic) bond motifs is 7. The first-order chi connectivity index (χ1) is 29.7. The molecule has 0 amide bonds. The molecule has 12 aromatic rings. The van der Waals surface area contributed by atoms with Crippen LogP contribution in [0.25, 0.3) is 111 Å². The predicted molar refractivity (Wildman–Crippen MR) is 250 cm³/mol. The van der Waals surface area contributed by atoms with E-state index in [1.165, 1.54) is 54.7 Å². The first-order valence-corrected chi connectivity index (χ1v) is 20.4. The van der Waals surface area contributed by atoms with Crippen molar-refractivity contribution in [1.29, 1.82) is 0 Å². The van der Waals surface area contributed by atoms with Crippen molar-refractivity contribution in [3.63, 3.8) is 0 Å². The van der Waals surface area contributed by atoms with E-state index in [-0.39, 0.29) is 0 Å². The molecule has 9 aromatic carbocycles. The molecule has 3 heterocycles. The Hall–Kier alpha value is -8.08. The van der Waals surface area contributed by atoms with Gasteiger partial charge in [0.1, 0.15) is 0 Å². The number of hydrogen-bond acceptors (Lipinski definition) is 2. The summed E-state index contributed by atoms with van der Waals surface area (Å²) in [5.41, 5.74) is 14.3. The third-order valence-electron chi connectivity index (χ3n) is 11.9. The van der Waals surface area contributed by atoms with Crippen molar-refractivity contribution in [2.24, 2.45) is 0 Å². The summed E-state index contributed by atoms with van der Waals surface area (Å²) in [6.45, 7) is 0. The van der Waals surface area contributed by atoms with E-state index in [4.69, 9.17) is 9.97 Å². The number of rotatable bonds is 6. The van der Waals surface area contributed by atoms with Gasteiger partial charge >= 0.3 is 0 Å². The summed E-state index contributed by atoms with van der Waals surface area (Å²) in [5.74, 6) is 0.700. The van der Waals surface area contributed by atoms with Crippen molar-refractivity contribution in [2.45, 2.75) is 0 Å². The van der Waals surface area contributed by atoms with Gasteiger partial charge in [0.05, 0.1) is 33.5 Å². The molecule has 60 heavy (non-hydrogen) atoms. The van der Waals surface area contributed by atoms with Gasteiger partial charge in [-0.25, -0.2) is 9.97 Å². The summed E-state index contributed by atoms with van der Waals surface area (Å²) in [6.07, 6.45) is 0. The number of para-hydroxylation sites is 3. The Balaban J connectivity index is 1.02. The van der Waals surface area contributed by atoms with E-state index in [0.29, 0.717) is 5.82 Å². The molecule has 0 N–H and O–H groups in total. The normalized spacial score (nSPS) is 11.7. The average Bonchev–Trinajstić information content (AvgIpc) is 3.83. The lowest BCUT2D eigenvalue weighted by Crippen LogP contribution is -1.97. The predicted octanol–water partition coefficient (Wildman–Crippen LogP) is 14.5. The highest BCUT2D eigenvalue weighted by Gasteiger charge is 2.19. The lowest BCUT2D eigenvalue weighted by molar-refractivity contribution is 1.18. The fourth-order valence-corrected chi connectivity index (χ4v) is 9.11. The van der Waals surface area contributed by atoms with Gasteiger partial charge in [0, 0.05) is 49.6 Å². The van der Waals surface area contributed by atoms with Crippen LogP contribution in [-0.4, -0.2) is 19.1 Å². The molecule has 0 bridgehead atoms. The van der Waals surface area contributed by atoms with Crippen LogP contribution >= 0.6 is 0 Å². The third-order valence-corrected chi connectivity index (χ3v) is 11.9. The molecule has 0 saturated heterocycles. The smallest absolute Gasteiger partial charge is 0.161 e. The first kappa shape index (κ1) is 34.0. The zero-order valence-electron chi connectivity index (χ0n) is 32.6.